The Kier molecular flexibility index (Phi) is 5.90. The van der Waals surface area contributed by atoms with Gasteiger partial charge in [0.2, 0.25) is 5.91 Å². The van der Waals surface area contributed by atoms with Crippen molar-refractivity contribution in [3.63, 3.8) is 0 Å². The third kappa shape index (κ3) is 4.41. The number of rotatable bonds is 6. The number of fused-ring (bicyclic) bond motifs is 1. The van der Waals surface area contributed by atoms with Crippen molar-refractivity contribution in [3.05, 3.63) is 47.8 Å². The minimum absolute atomic E-state index is 0.0181. The molecule has 1 amide bonds. The predicted octanol–water partition coefficient (Wildman–Crippen LogP) is 3.74. The number of carbonyl (C=O) groups is 1. The monoisotopic (exact) mass is 408 g/mol. The quantitative estimate of drug-likeness (QED) is 0.650. The number of amides is 1. The summed E-state index contributed by atoms with van der Waals surface area (Å²) in [4.78, 5) is 23.3. The Morgan fingerprint density at radius 2 is 1.97 bits per heavy atom. The number of aromatic amines is 1. The number of aryl methyl sites for hydroxylation is 1. The minimum Gasteiger partial charge on any atom is -0.497 e. The van der Waals surface area contributed by atoms with E-state index in [9.17, 15) is 4.79 Å². The number of nitrogens with one attached hydrogen (secondary N) is 2. The van der Waals surface area contributed by atoms with Gasteiger partial charge in [-0.2, -0.15) is 0 Å². The number of nitrogens with zero attached hydrogens (tertiary/aromatic N) is 2. The zero-order chi connectivity index (χ0) is 21.1. The number of hydrogen-bond donors (Lipinski definition) is 2. The molecule has 2 aromatic carbocycles. The van der Waals surface area contributed by atoms with Crippen LogP contribution in [0, 0.1) is 12.8 Å². The van der Waals surface area contributed by atoms with E-state index in [-0.39, 0.29) is 11.8 Å². The summed E-state index contributed by atoms with van der Waals surface area (Å²) in [6.07, 6.45) is 1.63. The van der Waals surface area contributed by atoms with Gasteiger partial charge in [-0.25, -0.2) is 4.98 Å². The summed E-state index contributed by atoms with van der Waals surface area (Å²) in [7, 11) is 3.20. The average Bonchev–Trinajstić information content (AvgIpc) is 3.15. The second-order valence-corrected chi connectivity index (χ2v) is 7.81. The van der Waals surface area contributed by atoms with Crippen LogP contribution in [0.4, 0.5) is 5.69 Å². The first-order valence-corrected chi connectivity index (χ1v) is 10.3. The first kappa shape index (κ1) is 20.2. The number of methoxy groups -OCH3 is 2. The van der Waals surface area contributed by atoms with Crippen molar-refractivity contribution in [2.75, 3.05) is 32.6 Å². The molecule has 0 spiro atoms. The van der Waals surface area contributed by atoms with Crippen LogP contribution in [0.5, 0.6) is 11.5 Å². The Labute approximate surface area is 176 Å². The van der Waals surface area contributed by atoms with Crippen LogP contribution in [0.2, 0.25) is 0 Å². The van der Waals surface area contributed by atoms with Crippen molar-refractivity contribution in [2.45, 2.75) is 26.3 Å². The molecule has 30 heavy (non-hydrogen) atoms. The molecular formula is C23H28N4O3. The normalized spacial score (nSPS) is 15.3. The largest absolute Gasteiger partial charge is 0.497 e. The number of anilines is 1. The molecule has 1 aliphatic heterocycles. The van der Waals surface area contributed by atoms with Gasteiger partial charge in [-0.15, -0.1) is 0 Å². The van der Waals surface area contributed by atoms with Gasteiger partial charge in [-0.1, -0.05) is 6.07 Å². The molecule has 2 heterocycles. The van der Waals surface area contributed by atoms with Crippen LogP contribution < -0.4 is 14.8 Å². The number of aromatic nitrogens is 2. The topological polar surface area (TPSA) is 79.5 Å². The molecule has 1 aromatic heterocycles. The van der Waals surface area contributed by atoms with Gasteiger partial charge < -0.3 is 19.8 Å². The van der Waals surface area contributed by atoms with Crippen LogP contribution in [0.1, 0.15) is 24.2 Å². The molecule has 7 nitrogen and oxygen atoms in total. The maximum Gasteiger partial charge on any atom is 0.227 e. The number of likely N-dealkylation sites (tertiary alicyclic amines) is 1. The van der Waals surface area contributed by atoms with Gasteiger partial charge in [0, 0.05) is 12.0 Å². The summed E-state index contributed by atoms with van der Waals surface area (Å²) in [5.41, 5.74) is 3.93. The lowest BCUT2D eigenvalue weighted by Crippen LogP contribution is -2.38. The number of ether oxygens (including phenoxy) is 2. The fourth-order valence-corrected chi connectivity index (χ4v) is 3.96. The summed E-state index contributed by atoms with van der Waals surface area (Å²) in [6, 6.07) is 11.6. The molecular weight excluding hydrogens is 380 g/mol. The highest BCUT2D eigenvalue weighted by atomic mass is 16.5. The van der Waals surface area contributed by atoms with E-state index in [1.807, 2.05) is 12.1 Å². The molecule has 158 valence electrons. The summed E-state index contributed by atoms with van der Waals surface area (Å²) >= 11 is 0. The Balaban J connectivity index is 1.34. The van der Waals surface area contributed by atoms with E-state index in [1.54, 1.807) is 26.4 Å². The Morgan fingerprint density at radius 1 is 1.17 bits per heavy atom. The van der Waals surface area contributed by atoms with E-state index >= 15 is 0 Å². The lowest BCUT2D eigenvalue weighted by Gasteiger charge is -2.30. The number of H-pyrrole nitrogens is 1. The van der Waals surface area contributed by atoms with Crippen LogP contribution in [0.25, 0.3) is 11.0 Å². The molecule has 4 rings (SSSR count). The molecule has 7 heteroatoms. The van der Waals surface area contributed by atoms with E-state index in [1.165, 1.54) is 5.56 Å². The van der Waals surface area contributed by atoms with E-state index in [0.717, 1.165) is 49.3 Å². The summed E-state index contributed by atoms with van der Waals surface area (Å²) in [5, 5.41) is 3.01. The van der Waals surface area contributed by atoms with Gasteiger partial charge in [-0.3, -0.25) is 9.69 Å². The molecule has 0 unspecified atom stereocenters. The van der Waals surface area contributed by atoms with Crippen LogP contribution in [0.15, 0.2) is 36.4 Å². The Hall–Kier alpha value is -3.06. The molecule has 1 saturated heterocycles. The zero-order valence-corrected chi connectivity index (χ0v) is 17.7. The zero-order valence-electron chi connectivity index (χ0n) is 17.7. The van der Waals surface area contributed by atoms with Gasteiger partial charge in [0.1, 0.15) is 17.3 Å². The number of benzene rings is 2. The molecule has 0 bridgehead atoms. The van der Waals surface area contributed by atoms with Gasteiger partial charge >= 0.3 is 0 Å². The lowest BCUT2D eigenvalue weighted by molar-refractivity contribution is -0.121. The van der Waals surface area contributed by atoms with Crippen molar-refractivity contribution < 1.29 is 14.3 Å². The number of hydrogen-bond acceptors (Lipinski definition) is 5. The Morgan fingerprint density at radius 3 is 2.70 bits per heavy atom. The average molecular weight is 409 g/mol. The third-order valence-electron chi connectivity index (χ3n) is 5.68. The molecule has 0 aliphatic carbocycles. The van der Waals surface area contributed by atoms with Crippen molar-refractivity contribution in [3.8, 4) is 11.5 Å². The Bertz CT molecular complexity index is 1040. The smallest absolute Gasteiger partial charge is 0.227 e. The maximum absolute atomic E-state index is 12.8. The van der Waals surface area contributed by atoms with E-state index in [4.69, 9.17) is 14.5 Å². The van der Waals surface area contributed by atoms with Crippen molar-refractivity contribution >= 4 is 22.6 Å². The SMILES string of the molecule is COc1ccc(OC)c(NC(=O)C2CCN(Cc3nc4ccc(C)cc4[nH]3)CC2)c1. The maximum atomic E-state index is 12.8. The van der Waals surface area contributed by atoms with E-state index in [2.05, 4.69) is 34.3 Å². The number of imidazole rings is 1. The van der Waals surface area contributed by atoms with Gasteiger partial charge in [-0.05, 0) is 62.7 Å². The van der Waals surface area contributed by atoms with Crippen LogP contribution in [-0.2, 0) is 11.3 Å². The minimum atomic E-state index is -0.0181. The molecule has 1 fully saturated rings. The highest BCUT2D eigenvalue weighted by Crippen LogP contribution is 2.30. The highest BCUT2D eigenvalue weighted by Gasteiger charge is 2.26. The fourth-order valence-electron chi connectivity index (χ4n) is 3.96. The van der Waals surface area contributed by atoms with Crippen LogP contribution >= 0.6 is 0 Å². The third-order valence-corrected chi connectivity index (χ3v) is 5.68. The van der Waals surface area contributed by atoms with Crippen LogP contribution in [-0.4, -0.2) is 48.1 Å². The summed E-state index contributed by atoms with van der Waals surface area (Å²) in [6.45, 7) is 4.58. The second-order valence-electron chi connectivity index (χ2n) is 7.81. The van der Waals surface area contributed by atoms with Gasteiger partial charge in [0.15, 0.2) is 0 Å². The van der Waals surface area contributed by atoms with Crippen LogP contribution in [0.3, 0.4) is 0 Å². The highest BCUT2D eigenvalue weighted by molar-refractivity contribution is 5.94. The predicted molar refractivity (Wildman–Crippen MR) is 117 cm³/mol. The van der Waals surface area contributed by atoms with Gasteiger partial charge in [0.05, 0.1) is 37.5 Å². The number of carbonyl (C=O) groups excluding carboxylic acids is 1. The summed E-state index contributed by atoms with van der Waals surface area (Å²) < 4.78 is 10.6. The van der Waals surface area contributed by atoms with Crippen molar-refractivity contribution in [1.29, 1.82) is 0 Å². The standard InChI is InChI=1S/C23H28N4O3/c1-15-4-6-18-19(12-15)25-22(24-18)14-27-10-8-16(9-11-27)23(28)26-20-13-17(29-2)5-7-21(20)30-3/h4-7,12-13,16H,8-11,14H2,1-3H3,(H,24,25)(H,26,28). The fraction of sp³-hybridized carbons (Fsp3) is 0.391. The molecule has 0 radical (unpaired) electrons. The van der Waals surface area contributed by atoms with Crippen molar-refractivity contribution in [1.82, 2.24) is 14.9 Å². The summed E-state index contributed by atoms with van der Waals surface area (Å²) in [5.74, 6) is 2.29. The lowest BCUT2D eigenvalue weighted by atomic mass is 9.95. The van der Waals surface area contributed by atoms with Crippen molar-refractivity contribution in [2.24, 2.45) is 5.92 Å². The first-order chi connectivity index (χ1) is 14.6. The molecule has 0 saturated carbocycles. The first-order valence-electron chi connectivity index (χ1n) is 10.3. The number of piperidine rings is 1. The van der Waals surface area contributed by atoms with Gasteiger partial charge in [0.25, 0.3) is 0 Å². The van der Waals surface area contributed by atoms with E-state index in [0.29, 0.717) is 17.2 Å². The molecule has 0 atom stereocenters. The molecule has 3 aromatic rings. The molecule has 2 N–H and O–H groups in total. The van der Waals surface area contributed by atoms with E-state index < -0.39 is 0 Å². The second kappa shape index (κ2) is 8.75. The molecule has 1 aliphatic rings.